The van der Waals surface area contributed by atoms with Crippen LogP contribution >= 0.6 is 0 Å². The minimum absolute atomic E-state index is 0.0147. The molecule has 1 aromatic carbocycles. The molecule has 1 fully saturated rings. The molecule has 49 heavy (non-hydrogen) atoms. The zero-order valence-corrected chi connectivity index (χ0v) is 30.0. The number of ketones is 1. The molecule has 0 aromatic heterocycles. The van der Waals surface area contributed by atoms with Crippen LogP contribution in [0.5, 0.6) is 0 Å². The van der Waals surface area contributed by atoms with Crippen LogP contribution in [-0.2, 0) is 39.9 Å². The number of esters is 1. The van der Waals surface area contributed by atoms with E-state index in [1.54, 1.807) is 32.9 Å². The minimum atomic E-state index is -1.25. The lowest BCUT2D eigenvalue weighted by molar-refractivity contribution is -0.310. The Kier molecular flexibility index (Phi) is 16.2. The van der Waals surface area contributed by atoms with Crippen molar-refractivity contribution in [3.05, 3.63) is 59.7 Å². The molecule has 0 radical (unpaired) electrons. The second-order valence-corrected chi connectivity index (χ2v) is 13.9. The van der Waals surface area contributed by atoms with Gasteiger partial charge in [0, 0.05) is 24.2 Å². The molecule has 11 nitrogen and oxygen atoms in total. The standard InChI is InChI=1S/C38H57NO10/c1-8-32-29(21-41)18-23(2)14-15-30(42)24(3)19-28(16-17-40)36(25(4)31(43)20-33(44)48-32)49-38-35(45)34(39(6)7)37(26(5)47-38)46-22-27-12-10-9-11-13-27/h9-15,17-18,24-26,28-29,31-32,34-38,41,43,45H,8,16,19-22H2,1-7H3/b15-14+,23-18+/t24-,25+,26-,28+,29-,31-,32-,34-,35-,36-,37-,38+/m1/s1. The lowest BCUT2D eigenvalue weighted by Gasteiger charge is -2.48. The van der Waals surface area contributed by atoms with E-state index >= 15 is 0 Å². The molecule has 0 bridgehead atoms. The number of rotatable bonds is 10. The van der Waals surface area contributed by atoms with Crippen LogP contribution in [0.1, 0.15) is 65.9 Å². The molecule has 0 amide bonds. The first-order chi connectivity index (χ1) is 23.3. The Hall–Kier alpha value is -2.77. The summed E-state index contributed by atoms with van der Waals surface area (Å²) in [7, 11) is 3.67. The zero-order chi connectivity index (χ0) is 36.2. The van der Waals surface area contributed by atoms with Crippen molar-refractivity contribution in [2.45, 2.75) is 116 Å². The highest BCUT2D eigenvalue weighted by Gasteiger charge is 2.48. The van der Waals surface area contributed by atoms with E-state index in [9.17, 15) is 29.7 Å². The minimum Gasteiger partial charge on any atom is -0.462 e. The number of likely N-dealkylation sites (N-methyl/N-ethyl adjacent to an activating group) is 1. The van der Waals surface area contributed by atoms with E-state index in [2.05, 4.69) is 0 Å². The third-order valence-corrected chi connectivity index (χ3v) is 9.82. The average Bonchev–Trinajstić information content (AvgIpc) is 3.07. The van der Waals surface area contributed by atoms with E-state index in [4.69, 9.17) is 18.9 Å². The summed E-state index contributed by atoms with van der Waals surface area (Å²) in [4.78, 5) is 40.3. The monoisotopic (exact) mass is 687 g/mol. The number of aliphatic hydroxyl groups is 3. The van der Waals surface area contributed by atoms with Gasteiger partial charge in [0.1, 0.15) is 24.6 Å². The van der Waals surface area contributed by atoms with E-state index in [0.717, 1.165) is 17.4 Å². The van der Waals surface area contributed by atoms with Crippen molar-refractivity contribution < 1.29 is 48.7 Å². The summed E-state index contributed by atoms with van der Waals surface area (Å²) in [6.45, 7) is 9.02. The second kappa shape index (κ2) is 19.6. The highest BCUT2D eigenvalue weighted by atomic mass is 16.7. The van der Waals surface area contributed by atoms with Crippen molar-refractivity contribution in [1.82, 2.24) is 4.90 Å². The number of benzene rings is 1. The largest absolute Gasteiger partial charge is 0.462 e. The fourth-order valence-corrected chi connectivity index (χ4v) is 6.91. The number of hydrogen-bond donors (Lipinski definition) is 3. The molecule has 3 rings (SSSR count). The van der Waals surface area contributed by atoms with E-state index < -0.39 is 78.6 Å². The number of ether oxygens (including phenoxy) is 4. The van der Waals surface area contributed by atoms with Gasteiger partial charge in [0.05, 0.1) is 44.0 Å². The van der Waals surface area contributed by atoms with Crippen LogP contribution in [0.25, 0.3) is 0 Å². The summed E-state index contributed by atoms with van der Waals surface area (Å²) in [6, 6.07) is 9.17. The van der Waals surface area contributed by atoms with E-state index in [0.29, 0.717) is 13.0 Å². The highest BCUT2D eigenvalue weighted by molar-refractivity contribution is 5.91. The number of cyclic esters (lactones) is 1. The van der Waals surface area contributed by atoms with Crippen LogP contribution < -0.4 is 0 Å². The fourth-order valence-electron chi connectivity index (χ4n) is 6.91. The molecular formula is C38H57NO10. The summed E-state index contributed by atoms with van der Waals surface area (Å²) < 4.78 is 24.9. The Morgan fingerprint density at radius 3 is 2.35 bits per heavy atom. The van der Waals surface area contributed by atoms with Crippen LogP contribution in [0.15, 0.2) is 54.1 Å². The average molecular weight is 688 g/mol. The summed E-state index contributed by atoms with van der Waals surface area (Å²) in [5.74, 6) is -3.11. The molecule has 11 heteroatoms. The number of nitrogens with zero attached hydrogens (tertiary/aromatic N) is 1. The zero-order valence-electron chi connectivity index (χ0n) is 30.0. The number of aldehydes is 1. The van der Waals surface area contributed by atoms with Crippen molar-refractivity contribution in [2.75, 3.05) is 20.7 Å². The summed E-state index contributed by atoms with van der Waals surface area (Å²) in [6.07, 6.45) is -0.175. The van der Waals surface area contributed by atoms with Crippen molar-refractivity contribution in [2.24, 2.45) is 23.7 Å². The van der Waals surface area contributed by atoms with Gasteiger partial charge in [0.15, 0.2) is 12.1 Å². The molecule has 0 spiro atoms. The summed E-state index contributed by atoms with van der Waals surface area (Å²) in [5, 5.41) is 33.2. The number of hydrogen-bond acceptors (Lipinski definition) is 11. The normalized spacial score (nSPS) is 37.2. The van der Waals surface area contributed by atoms with Gasteiger partial charge in [-0.15, -0.1) is 0 Å². The van der Waals surface area contributed by atoms with Crippen LogP contribution in [0.4, 0.5) is 0 Å². The van der Waals surface area contributed by atoms with Crippen molar-refractivity contribution in [3.63, 3.8) is 0 Å². The van der Waals surface area contributed by atoms with Gasteiger partial charge in [-0.05, 0) is 58.3 Å². The smallest absolute Gasteiger partial charge is 0.308 e. The molecule has 2 heterocycles. The van der Waals surface area contributed by atoms with Gasteiger partial charge in [-0.1, -0.05) is 68.8 Å². The molecule has 2 aliphatic rings. The third-order valence-electron chi connectivity index (χ3n) is 9.82. The van der Waals surface area contributed by atoms with Gasteiger partial charge in [0.2, 0.25) is 0 Å². The third kappa shape index (κ3) is 11.4. The molecule has 2 aliphatic heterocycles. The SMILES string of the molecule is CC[C@H]1OC(=O)C[C@@H](O)[C@H](C)[C@@H](O[C@@H]2O[C@H](C)[C@@H](OCc3ccccc3)[C@H](N(C)C)[C@H]2O)[C@@H](CC=O)C[C@@H](C)C(=O)/C=C/C(C)=C/[C@@H]1CO. The molecule has 0 aliphatic carbocycles. The first kappa shape index (κ1) is 40.7. The summed E-state index contributed by atoms with van der Waals surface area (Å²) >= 11 is 0. The van der Waals surface area contributed by atoms with Crippen LogP contribution in [0.2, 0.25) is 0 Å². The van der Waals surface area contributed by atoms with E-state index in [-0.39, 0.29) is 31.7 Å². The van der Waals surface area contributed by atoms with E-state index in [1.807, 2.05) is 63.2 Å². The van der Waals surface area contributed by atoms with Crippen LogP contribution in [-0.4, -0.2) is 108 Å². The number of carbonyl (C=O) groups is 3. The van der Waals surface area contributed by atoms with Gasteiger partial charge in [0.25, 0.3) is 0 Å². The van der Waals surface area contributed by atoms with Crippen molar-refractivity contribution in [3.8, 4) is 0 Å². The number of aliphatic hydroxyl groups excluding tert-OH is 3. The molecule has 1 saturated heterocycles. The Morgan fingerprint density at radius 1 is 1.04 bits per heavy atom. The van der Waals surface area contributed by atoms with Crippen LogP contribution in [0, 0.1) is 23.7 Å². The Balaban J connectivity index is 1.95. The molecular weight excluding hydrogens is 630 g/mol. The maximum Gasteiger partial charge on any atom is 0.308 e. The molecule has 12 atom stereocenters. The van der Waals surface area contributed by atoms with Gasteiger partial charge in [-0.25, -0.2) is 0 Å². The van der Waals surface area contributed by atoms with Gasteiger partial charge in [-0.2, -0.15) is 0 Å². The lowest BCUT2D eigenvalue weighted by atomic mass is 9.79. The van der Waals surface area contributed by atoms with Gasteiger partial charge >= 0.3 is 5.97 Å². The fraction of sp³-hybridized carbons (Fsp3) is 0.658. The maximum atomic E-state index is 13.3. The Labute approximate surface area is 291 Å². The van der Waals surface area contributed by atoms with E-state index in [1.165, 1.54) is 6.08 Å². The molecule has 0 unspecified atom stereocenters. The summed E-state index contributed by atoms with van der Waals surface area (Å²) in [5.41, 5.74) is 1.70. The molecule has 3 N–H and O–H groups in total. The predicted octanol–water partition coefficient (Wildman–Crippen LogP) is 3.63. The Bertz CT molecular complexity index is 1250. The van der Waals surface area contributed by atoms with Crippen molar-refractivity contribution in [1.29, 1.82) is 0 Å². The quantitative estimate of drug-likeness (QED) is 0.244. The number of allylic oxidation sites excluding steroid dienone is 3. The van der Waals surface area contributed by atoms with Gasteiger partial charge in [-0.3, -0.25) is 9.59 Å². The topological polar surface area (TPSA) is 152 Å². The molecule has 1 aromatic rings. The second-order valence-electron chi connectivity index (χ2n) is 13.9. The van der Waals surface area contributed by atoms with Crippen LogP contribution in [0.3, 0.4) is 0 Å². The highest BCUT2D eigenvalue weighted by Crippen LogP contribution is 2.35. The maximum absolute atomic E-state index is 13.3. The predicted molar refractivity (Wildman–Crippen MR) is 184 cm³/mol. The van der Waals surface area contributed by atoms with Gasteiger partial charge < -0.3 is 44.0 Å². The Morgan fingerprint density at radius 2 is 1.73 bits per heavy atom. The first-order valence-corrected chi connectivity index (χ1v) is 17.4. The molecule has 274 valence electrons. The van der Waals surface area contributed by atoms with Crippen molar-refractivity contribution >= 4 is 18.0 Å². The lowest BCUT2D eigenvalue weighted by Crippen LogP contribution is -2.63. The number of carbonyl (C=O) groups excluding carboxylic acids is 3. The first-order valence-electron chi connectivity index (χ1n) is 17.4. The molecule has 0 saturated carbocycles.